The van der Waals surface area contributed by atoms with Crippen LogP contribution in [-0.2, 0) is 0 Å². The van der Waals surface area contributed by atoms with Crippen molar-refractivity contribution in [1.82, 2.24) is 15.1 Å². The average molecular weight is 244 g/mol. The summed E-state index contributed by atoms with van der Waals surface area (Å²) in [6, 6.07) is 5.56. The van der Waals surface area contributed by atoms with Crippen LogP contribution < -0.4 is 5.73 Å². The summed E-state index contributed by atoms with van der Waals surface area (Å²) in [6.07, 6.45) is 3.38. The highest BCUT2D eigenvalue weighted by molar-refractivity contribution is 7.14. The molecular formula is C11H8N4OS. The van der Waals surface area contributed by atoms with Gasteiger partial charge in [0.1, 0.15) is 0 Å². The minimum absolute atomic E-state index is 0.433. The Morgan fingerprint density at radius 2 is 2.24 bits per heavy atom. The largest absolute Gasteiger partial charge is 0.390 e. The summed E-state index contributed by atoms with van der Waals surface area (Å²) in [6.45, 7) is 0. The van der Waals surface area contributed by atoms with E-state index in [0.717, 1.165) is 11.1 Å². The summed E-state index contributed by atoms with van der Waals surface area (Å²) in [5.41, 5.74) is 7.39. The van der Waals surface area contributed by atoms with Gasteiger partial charge in [0, 0.05) is 18.0 Å². The van der Waals surface area contributed by atoms with E-state index < -0.39 is 0 Å². The van der Waals surface area contributed by atoms with E-state index in [0.29, 0.717) is 16.7 Å². The zero-order valence-corrected chi connectivity index (χ0v) is 9.52. The van der Waals surface area contributed by atoms with Crippen LogP contribution in [0.5, 0.6) is 0 Å². The molecule has 0 spiro atoms. The summed E-state index contributed by atoms with van der Waals surface area (Å²) < 4.78 is 5.18. The highest BCUT2D eigenvalue weighted by atomic mass is 32.1. The number of nitrogens with two attached hydrogens (primary N) is 1. The van der Waals surface area contributed by atoms with Crippen molar-refractivity contribution in [3.05, 3.63) is 36.0 Å². The molecular weight excluding hydrogens is 236 g/mol. The van der Waals surface area contributed by atoms with Crippen molar-refractivity contribution in [3.63, 3.8) is 0 Å². The molecule has 84 valence electrons. The van der Waals surface area contributed by atoms with E-state index >= 15 is 0 Å². The molecule has 3 heterocycles. The molecule has 0 radical (unpaired) electrons. The maximum atomic E-state index is 5.80. The van der Waals surface area contributed by atoms with Gasteiger partial charge in [0.15, 0.2) is 0 Å². The number of nitrogen functional groups attached to an aromatic ring is 1. The van der Waals surface area contributed by atoms with Gasteiger partial charge >= 0.3 is 0 Å². The fraction of sp³-hybridized carbons (Fsp3) is 0. The van der Waals surface area contributed by atoms with Crippen LogP contribution in [0.15, 0.2) is 40.5 Å². The van der Waals surface area contributed by atoms with Gasteiger partial charge in [-0.15, -0.1) is 11.3 Å². The van der Waals surface area contributed by atoms with Crippen LogP contribution in [0.3, 0.4) is 0 Å². The lowest BCUT2D eigenvalue weighted by atomic mass is 10.3. The first-order valence-electron chi connectivity index (χ1n) is 4.92. The number of hydrogen-bond donors (Lipinski definition) is 1. The van der Waals surface area contributed by atoms with Crippen LogP contribution in [0, 0.1) is 0 Å². The molecule has 2 N–H and O–H groups in total. The van der Waals surface area contributed by atoms with Crippen LogP contribution >= 0.6 is 11.3 Å². The zero-order valence-electron chi connectivity index (χ0n) is 8.70. The van der Waals surface area contributed by atoms with E-state index in [9.17, 15) is 0 Å². The van der Waals surface area contributed by atoms with Crippen molar-refractivity contribution in [2.45, 2.75) is 0 Å². The lowest BCUT2D eigenvalue weighted by molar-refractivity contribution is 0.432. The Kier molecular flexibility index (Phi) is 2.34. The van der Waals surface area contributed by atoms with Crippen molar-refractivity contribution in [3.8, 4) is 22.8 Å². The second-order valence-electron chi connectivity index (χ2n) is 3.36. The molecule has 0 bridgehead atoms. The zero-order chi connectivity index (χ0) is 11.7. The molecule has 0 aliphatic rings. The summed E-state index contributed by atoms with van der Waals surface area (Å²) in [5, 5.41) is 6.47. The van der Waals surface area contributed by atoms with Gasteiger partial charge in [-0.25, -0.2) is 0 Å². The Balaban J connectivity index is 2.02. The first-order chi connectivity index (χ1) is 8.34. The maximum Gasteiger partial charge on any atom is 0.261 e. The van der Waals surface area contributed by atoms with Gasteiger partial charge in [-0.1, -0.05) is 5.16 Å². The van der Waals surface area contributed by atoms with E-state index in [1.807, 2.05) is 23.6 Å². The monoisotopic (exact) mass is 244 g/mol. The number of nitrogens with zero attached hydrogens (tertiary/aromatic N) is 3. The first-order valence-corrected chi connectivity index (χ1v) is 5.80. The van der Waals surface area contributed by atoms with Crippen LogP contribution in [0.1, 0.15) is 0 Å². The lowest BCUT2D eigenvalue weighted by Gasteiger charge is -1.90. The van der Waals surface area contributed by atoms with Gasteiger partial charge in [-0.3, -0.25) is 4.98 Å². The van der Waals surface area contributed by atoms with Crippen molar-refractivity contribution in [2.24, 2.45) is 0 Å². The number of pyridine rings is 1. The van der Waals surface area contributed by atoms with Crippen LogP contribution in [0.25, 0.3) is 22.8 Å². The second-order valence-corrected chi connectivity index (χ2v) is 4.31. The minimum atomic E-state index is 0.433. The van der Waals surface area contributed by atoms with Crippen molar-refractivity contribution in [1.29, 1.82) is 0 Å². The number of anilines is 1. The van der Waals surface area contributed by atoms with Crippen molar-refractivity contribution >= 4 is 16.3 Å². The summed E-state index contributed by atoms with van der Waals surface area (Å²) in [4.78, 5) is 8.30. The van der Waals surface area contributed by atoms with E-state index in [2.05, 4.69) is 15.1 Å². The predicted molar refractivity (Wildman–Crippen MR) is 65.3 cm³/mol. The van der Waals surface area contributed by atoms with E-state index in [4.69, 9.17) is 10.3 Å². The van der Waals surface area contributed by atoms with Crippen LogP contribution in [-0.4, -0.2) is 15.1 Å². The molecule has 0 amide bonds. The molecule has 0 unspecified atom stereocenters. The fourth-order valence-corrected chi connectivity index (χ4v) is 2.08. The average Bonchev–Trinajstić information content (AvgIpc) is 2.98. The molecule has 0 aliphatic heterocycles. The van der Waals surface area contributed by atoms with Crippen LogP contribution in [0.2, 0.25) is 0 Å². The molecule has 0 saturated carbocycles. The van der Waals surface area contributed by atoms with Gasteiger partial charge in [0.05, 0.1) is 10.6 Å². The number of hydrogen-bond acceptors (Lipinski definition) is 6. The van der Waals surface area contributed by atoms with Crippen molar-refractivity contribution in [2.75, 3.05) is 5.73 Å². The molecule has 3 aromatic heterocycles. The third kappa shape index (κ3) is 1.78. The van der Waals surface area contributed by atoms with Gasteiger partial charge in [0.25, 0.3) is 5.89 Å². The Morgan fingerprint density at radius 3 is 2.94 bits per heavy atom. The molecule has 0 atom stereocenters. The second kappa shape index (κ2) is 3.99. The topological polar surface area (TPSA) is 77.8 Å². The molecule has 0 saturated heterocycles. The van der Waals surface area contributed by atoms with Gasteiger partial charge in [-0.2, -0.15) is 4.98 Å². The maximum absolute atomic E-state index is 5.80. The summed E-state index contributed by atoms with van der Waals surface area (Å²) >= 11 is 1.44. The molecule has 0 fully saturated rings. The summed E-state index contributed by atoms with van der Waals surface area (Å²) in [5.74, 6) is 0.946. The number of rotatable bonds is 2. The van der Waals surface area contributed by atoms with Gasteiger partial charge in [-0.05, 0) is 23.6 Å². The van der Waals surface area contributed by atoms with Gasteiger partial charge < -0.3 is 10.3 Å². The minimum Gasteiger partial charge on any atom is -0.390 e. The van der Waals surface area contributed by atoms with E-state index in [-0.39, 0.29) is 0 Å². The van der Waals surface area contributed by atoms with Crippen molar-refractivity contribution < 1.29 is 4.52 Å². The SMILES string of the molecule is Nc1sccc1-c1nc(-c2cccnc2)no1. The third-order valence-electron chi connectivity index (χ3n) is 2.27. The smallest absolute Gasteiger partial charge is 0.261 e. The third-order valence-corrected chi connectivity index (χ3v) is 3.02. The fourth-order valence-electron chi connectivity index (χ4n) is 1.44. The quantitative estimate of drug-likeness (QED) is 0.749. The van der Waals surface area contributed by atoms with Crippen LogP contribution in [0.4, 0.5) is 5.00 Å². The molecule has 3 aromatic rings. The Labute approximate surface area is 101 Å². The van der Waals surface area contributed by atoms with Gasteiger partial charge in [0.2, 0.25) is 5.82 Å². The molecule has 17 heavy (non-hydrogen) atoms. The highest BCUT2D eigenvalue weighted by Crippen LogP contribution is 2.30. The first kappa shape index (κ1) is 9.98. The molecule has 5 nitrogen and oxygen atoms in total. The highest BCUT2D eigenvalue weighted by Gasteiger charge is 2.13. The molecule has 0 aromatic carbocycles. The predicted octanol–water partition coefficient (Wildman–Crippen LogP) is 2.44. The number of aromatic nitrogens is 3. The normalized spacial score (nSPS) is 10.6. The molecule has 0 aliphatic carbocycles. The Morgan fingerprint density at radius 1 is 1.29 bits per heavy atom. The Hall–Kier alpha value is -2.21. The number of thiophene rings is 1. The standard InChI is InChI=1S/C11H8N4OS/c12-9-8(3-5-17-9)11-14-10(15-16-11)7-2-1-4-13-6-7/h1-6H,12H2. The molecule has 6 heteroatoms. The lowest BCUT2D eigenvalue weighted by Crippen LogP contribution is -1.84. The Bertz CT molecular complexity index is 632. The summed E-state index contributed by atoms with van der Waals surface area (Å²) in [7, 11) is 0. The van der Waals surface area contributed by atoms with E-state index in [1.54, 1.807) is 12.4 Å². The molecule has 3 rings (SSSR count). The van der Waals surface area contributed by atoms with E-state index in [1.165, 1.54) is 11.3 Å².